The Kier molecular flexibility index (Phi) is 7.57. The molecule has 1 saturated heterocycles. The van der Waals surface area contributed by atoms with Gasteiger partial charge in [-0.25, -0.2) is 18.4 Å². The molecule has 0 aromatic heterocycles. The minimum Gasteiger partial charge on any atom is -0.459 e. The van der Waals surface area contributed by atoms with Crippen molar-refractivity contribution < 1.29 is 27.8 Å². The molecule has 0 spiro atoms. The fourth-order valence-electron chi connectivity index (χ4n) is 3.14. The van der Waals surface area contributed by atoms with Gasteiger partial charge in [-0.3, -0.25) is 0 Å². The summed E-state index contributed by atoms with van der Waals surface area (Å²) in [5, 5.41) is 2.48. The lowest BCUT2D eigenvalue weighted by Gasteiger charge is -2.35. The molecule has 1 aromatic rings. The summed E-state index contributed by atoms with van der Waals surface area (Å²) in [7, 11) is 1.94. The molecule has 3 atom stereocenters. The number of ether oxygens (including phenoxy) is 2. The molecule has 6 nitrogen and oxygen atoms in total. The Morgan fingerprint density at radius 2 is 1.90 bits per heavy atom. The van der Waals surface area contributed by atoms with Crippen molar-refractivity contribution >= 4 is 12.1 Å². The van der Waals surface area contributed by atoms with Gasteiger partial charge < -0.3 is 19.7 Å². The highest BCUT2D eigenvalue weighted by atomic mass is 19.3. The number of halogens is 2. The van der Waals surface area contributed by atoms with Gasteiger partial charge in [-0.1, -0.05) is 25.1 Å². The number of alkyl carbamates (subject to hydrolysis) is 1. The second kappa shape index (κ2) is 9.52. The van der Waals surface area contributed by atoms with Gasteiger partial charge in [0.15, 0.2) is 6.04 Å². The summed E-state index contributed by atoms with van der Waals surface area (Å²) >= 11 is 0. The molecular weight excluding hydrogens is 382 g/mol. The Hall–Kier alpha value is -2.22. The molecule has 162 valence electrons. The van der Waals surface area contributed by atoms with Crippen molar-refractivity contribution in [3.05, 3.63) is 35.4 Å². The summed E-state index contributed by atoms with van der Waals surface area (Å²) in [6.07, 6.45) is -2.99. The van der Waals surface area contributed by atoms with Crippen LogP contribution in [0.1, 0.15) is 57.7 Å². The largest absolute Gasteiger partial charge is 0.459 e. The van der Waals surface area contributed by atoms with Crippen molar-refractivity contribution in [1.82, 2.24) is 10.2 Å². The molecule has 2 rings (SSSR count). The van der Waals surface area contributed by atoms with Crippen LogP contribution in [0.25, 0.3) is 0 Å². The first-order chi connectivity index (χ1) is 13.5. The molecule has 0 aliphatic carbocycles. The van der Waals surface area contributed by atoms with Gasteiger partial charge in [-0.05, 0) is 58.3 Å². The molecule has 0 radical (unpaired) electrons. The lowest BCUT2D eigenvalue weighted by Crippen LogP contribution is -2.45. The van der Waals surface area contributed by atoms with Crippen LogP contribution in [0.4, 0.5) is 13.6 Å². The van der Waals surface area contributed by atoms with E-state index in [1.165, 1.54) is 24.3 Å². The van der Waals surface area contributed by atoms with Gasteiger partial charge in [-0.2, -0.15) is 0 Å². The normalized spacial score (nSPS) is 21.5. The van der Waals surface area contributed by atoms with Crippen LogP contribution in [0, 0.1) is 5.92 Å². The van der Waals surface area contributed by atoms with Crippen LogP contribution in [0.5, 0.6) is 0 Å². The van der Waals surface area contributed by atoms with Crippen LogP contribution < -0.4 is 5.32 Å². The van der Waals surface area contributed by atoms with Crippen LogP contribution in [0.15, 0.2) is 24.3 Å². The highest BCUT2D eigenvalue weighted by Gasteiger charge is 2.33. The molecule has 1 aliphatic heterocycles. The Balaban J connectivity index is 2.24. The molecule has 1 fully saturated rings. The quantitative estimate of drug-likeness (QED) is 0.739. The lowest BCUT2D eigenvalue weighted by molar-refractivity contribution is -0.157. The number of esters is 1. The van der Waals surface area contributed by atoms with Gasteiger partial charge >= 0.3 is 12.1 Å². The van der Waals surface area contributed by atoms with Crippen molar-refractivity contribution in [2.45, 2.75) is 58.3 Å². The predicted molar refractivity (Wildman–Crippen MR) is 105 cm³/mol. The van der Waals surface area contributed by atoms with Gasteiger partial charge in [-0.15, -0.1) is 0 Å². The molecule has 29 heavy (non-hydrogen) atoms. The zero-order valence-corrected chi connectivity index (χ0v) is 17.6. The third-order valence-electron chi connectivity index (χ3n) is 4.75. The van der Waals surface area contributed by atoms with Crippen molar-refractivity contribution in [3.8, 4) is 0 Å². The van der Waals surface area contributed by atoms with Crippen molar-refractivity contribution in [2.24, 2.45) is 5.92 Å². The Morgan fingerprint density at radius 1 is 1.24 bits per heavy atom. The third-order valence-corrected chi connectivity index (χ3v) is 4.75. The number of benzene rings is 1. The van der Waals surface area contributed by atoms with E-state index < -0.39 is 30.1 Å². The van der Waals surface area contributed by atoms with E-state index in [4.69, 9.17) is 9.47 Å². The molecule has 1 amide bonds. The van der Waals surface area contributed by atoms with Gasteiger partial charge in [0.25, 0.3) is 6.43 Å². The summed E-state index contributed by atoms with van der Waals surface area (Å²) in [4.78, 5) is 27.3. The molecule has 1 heterocycles. The second-order valence-corrected chi connectivity index (χ2v) is 8.55. The predicted octanol–water partition coefficient (Wildman–Crippen LogP) is 4.07. The van der Waals surface area contributed by atoms with Crippen molar-refractivity contribution in [1.29, 1.82) is 0 Å². The maximum atomic E-state index is 13.1. The summed E-state index contributed by atoms with van der Waals surface area (Å²) in [6.45, 7) is 8.55. The second-order valence-electron chi connectivity index (χ2n) is 8.55. The first-order valence-corrected chi connectivity index (χ1v) is 9.73. The molecule has 0 bridgehead atoms. The molecule has 2 unspecified atom stereocenters. The van der Waals surface area contributed by atoms with E-state index in [2.05, 4.69) is 10.2 Å². The van der Waals surface area contributed by atoms with Crippen LogP contribution >= 0.6 is 0 Å². The topological polar surface area (TPSA) is 67.9 Å². The standard InChI is InChI=1S/C21H30F2N2O4/c1-13-9-10-25(5)12-16(13)28-19(26)17(24-20(27)29-21(2,3)4)14-7-6-8-15(11-14)18(22)23/h6-8,11,13,16-18H,9-10,12H2,1-5H3,(H,24,27)/t13?,16-,17?/m0/s1. The van der Waals surface area contributed by atoms with Crippen LogP contribution in [-0.4, -0.2) is 48.8 Å². The van der Waals surface area contributed by atoms with Crippen LogP contribution in [0.3, 0.4) is 0 Å². The summed E-state index contributed by atoms with van der Waals surface area (Å²) in [5.41, 5.74) is -0.795. The highest BCUT2D eigenvalue weighted by Crippen LogP contribution is 2.26. The number of amides is 1. The number of hydrogen-bond donors (Lipinski definition) is 1. The van der Waals surface area contributed by atoms with E-state index in [9.17, 15) is 18.4 Å². The summed E-state index contributed by atoms with van der Waals surface area (Å²) in [5.74, 6) is -0.542. The van der Waals surface area contributed by atoms with E-state index in [-0.39, 0.29) is 23.1 Å². The minimum atomic E-state index is -2.69. The molecular formula is C21H30F2N2O4. The van der Waals surface area contributed by atoms with E-state index in [0.29, 0.717) is 6.54 Å². The fourth-order valence-corrected chi connectivity index (χ4v) is 3.14. The monoisotopic (exact) mass is 412 g/mol. The molecule has 1 aliphatic rings. The lowest BCUT2D eigenvalue weighted by atomic mass is 9.96. The summed E-state index contributed by atoms with van der Waals surface area (Å²) in [6, 6.07) is 4.14. The fraction of sp³-hybridized carbons (Fsp3) is 0.619. The smallest absolute Gasteiger partial charge is 0.408 e. The molecule has 1 aromatic carbocycles. The van der Waals surface area contributed by atoms with Crippen LogP contribution in [-0.2, 0) is 14.3 Å². The number of carbonyl (C=O) groups is 2. The maximum Gasteiger partial charge on any atom is 0.408 e. The Labute approximate surface area is 170 Å². The van der Waals surface area contributed by atoms with E-state index in [1.807, 2.05) is 14.0 Å². The number of nitrogens with one attached hydrogen (secondary N) is 1. The number of alkyl halides is 2. The SMILES string of the molecule is CC1CCN(C)C[C@@H]1OC(=O)C(NC(=O)OC(C)(C)C)c1cccc(C(F)F)c1. The number of likely N-dealkylation sites (tertiary alicyclic amines) is 1. The number of likely N-dealkylation sites (N-methyl/N-ethyl adjacent to an activating group) is 1. The maximum absolute atomic E-state index is 13.1. The third kappa shape index (κ3) is 6.96. The zero-order chi connectivity index (χ0) is 21.8. The van der Waals surface area contributed by atoms with E-state index in [0.717, 1.165) is 13.0 Å². The molecule has 8 heteroatoms. The van der Waals surface area contributed by atoms with Crippen molar-refractivity contribution in [3.63, 3.8) is 0 Å². The molecule has 1 N–H and O–H groups in total. The van der Waals surface area contributed by atoms with Gasteiger partial charge in [0.1, 0.15) is 11.7 Å². The first-order valence-electron chi connectivity index (χ1n) is 9.73. The Bertz CT molecular complexity index is 721. The highest BCUT2D eigenvalue weighted by molar-refractivity contribution is 5.83. The number of nitrogens with zero attached hydrogens (tertiary/aromatic N) is 1. The first kappa shape index (κ1) is 23.1. The zero-order valence-electron chi connectivity index (χ0n) is 17.6. The number of rotatable bonds is 5. The van der Waals surface area contributed by atoms with E-state index in [1.54, 1.807) is 20.8 Å². The molecule has 0 saturated carbocycles. The number of carbonyl (C=O) groups excluding carboxylic acids is 2. The average Bonchev–Trinajstić information content (AvgIpc) is 2.61. The van der Waals surface area contributed by atoms with Gasteiger partial charge in [0.05, 0.1) is 0 Å². The van der Waals surface area contributed by atoms with Crippen LogP contribution in [0.2, 0.25) is 0 Å². The van der Waals surface area contributed by atoms with Crippen molar-refractivity contribution in [2.75, 3.05) is 20.1 Å². The van der Waals surface area contributed by atoms with Gasteiger partial charge in [0, 0.05) is 12.1 Å². The van der Waals surface area contributed by atoms with E-state index >= 15 is 0 Å². The summed E-state index contributed by atoms with van der Waals surface area (Å²) < 4.78 is 37.2. The Morgan fingerprint density at radius 3 is 2.52 bits per heavy atom. The average molecular weight is 412 g/mol. The number of piperidine rings is 1. The minimum absolute atomic E-state index is 0.157. The van der Waals surface area contributed by atoms with Gasteiger partial charge in [0.2, 0.25) is 0 Å². The number of hydrogen-bond acceptors (Lipinski definition) is 5.